The van der Waals surface area contributed by atoms with Gasteiger partial charge in [-0.25, -0.2) is 5.43 Å². The number of nitrogens with one attached hydrogen (secondary N) is 1. The number of hydrogen-bond donors (Lipinski definition) is 1. The molecule has 0 spiro atoms. The molecule has 0 fully saturated rings. The summed E-state index contributed by atoms with van der Waals surface area (Å²) in [5, 5.41) is 4.80. The predicted molar refractivity (Wildman–Crippen MR) is 108 cm³/mol. The summed E-state index contributed by atoms with van der Waals surface area (Å²) in [5.74, 6) is 1.08. The predicted octanol–water partition coefficient (Wildman–Crippen LogP) is 5.06. The highest BCUT2D eigenvalue weighted by Crippen LogP contribution is 2.22. The molecule has 1 N–H and O–H groups in total. The van der Waals surface area contributed by atoms with Crippen LogP contribution in [-0.2, 0) is 0 Å². The van der Waals surface area contributed by atoms with E-state index in [2.05, 4.69) is 33.1 Å². The lowest BCUT2D eigenvalue weighted by Crippen LogP contribution is -2.16. The van der Waals surface area contributed by atoms with Crippen LogP contribution in [0.4, 0.5) is 0 Å². The monoisotopic (exact) mass is 456 g/mol. The third-order valence-corrected chi connectivity index (χ3v) is 4.48. The van der Waals surface area contributed by atoms with Crippen LogP contribution in [0.1, 0.15) is 16.3 Å². The highest BCUT2D eigenvalue weighted by Gasteiger charge is 2.11. The summed E-state index contributed by atoms with van der Waals surface area (Å²) in [6.07, 6.45) is 1.46. The molecular weight excluding hydrogens is 443 g/mol. The molecule has 2 heterocycles. The molecule has 0 aliphatic rings. The van der Waals surface area contributed by atoms with Crippen molar-refractivity contribution in [1.29, 1.82) is 0 Å². The fraction of sp³-hybridized carbons (Fsp3) is 0. The maximum atomic E-state index is 12.1. The summed E-state index contributed by atoms with van der Waals surface area (Å²) in [4.78, 5) is 12.1. The van der Waals surface area contributed by atoms with Crippen LogP contribution < -0.4 is 5.43 Å². The smallest absolute Gasteiger partial charge is 0.307 e. The van der Waals surface area contributed by atoms with Crippen molar-refractivity contribution in [3.63, 3.8) is 0 Å². The number of hydrogen-bond acceptors (Lipinski definition) is 4. The van der Waals surface area contributed by atoms with Crippen LogP contribution >= 0.6 is 22.6 Å². The van der Waals surface area contributed by atoms with Crippen LogP contribution in [0.25, 0.3) is 22.3 Å². The molecule has 6 heteroatoms. The van der Waals surface area contributed by atoms with Gasteiger partial charge in [-0.15, -0.1) is 0 Å². The minimum atomic E-state index is -0.415. The van der Waals surface area contributed by atoms with E-state index < -0.39 is 5.91 Å². The zero-order valence-electron chi connectivity index (χ0n) is 13.5. The Labute approximate surface area is 162 Å². The van der Waals surface area contributed by atoms with Crippen molar-refractivity contribution >= 4 is 45.7 Å². The summed E-state index contributed by atoms with van der Waals surface area (Å²) < 4.78 is 12.4. The van der Waals surface area contributed by atoms with E-state index in [1.54, 1.807) is 12.1 Å². The second-order valence-corrected chi connectivity index (χ2v) is 6.80. The molecule has 4 rings (SSSR count). The van der Waals surface area contributed by atoms with Gasteiger partial charge in [0.15, 0.2) is 5.76 Å². The van der Waals surface area contributed by atoms with Crippen molar-refractivity contribution in [1.82, 2.24) is 5.43 Å². The number of rotatable bonds is 4. The minimum Gasteiger partial charge on any atom is -0.455 e. The Morgan fingerprint density at radius 1 is 1.00 bits per heavy atom. The first-order chi connectivity index (χ1) is 12.7. The maximum Gasteiger partial charge on any atom is 0.307 e. The lowest BCUT2D eigenvalue weighted by atomic mass is 10.2. The van der Waals surface area contributed by atoms with Gasteiger partial charge >= 0.3 is 5.91 Å². The Kier molecular flexibility index (Phi) is 4.57. The van der Waals surface area contributed by atoms with Crippen LogP contribution in [0.3, 0.4) is 0 Å². The lowest BCUT2D eigenvalue weighted by Gasteiger charge is -1.96. The molecule has 0 saturated heterocycles. The molecule has 1 amide bonds. The standard InChI is InChI=1S/C20H13IN2O3/c21-15-7-5-13(6-8-15)18-10-9-16(25-18)12-22-23-20(24)19-11-14-3-1-2-4-17(14)26-19/h1-12H,(H,23,24)/b22-12+. The van der Waals surface area contributed by atoms with Gasteiger partial charge in [0.05, 0.1) is 6.21 Å². The van der Waals surface area contributed by atoms with Crippen LogP contribution in [-0.4, -0.2) is 12.1 Å². The second kappa shape index (κ2) is 7.17. The highest BCUT2D eigenvalue weighted by atomic mass is 127. The van der Waals surface area contributed by atoms with Crippen molar-refractivity contribution in [3.05, 3.63) is 81.8 Å². The second-order valence-electron chi connectivity index (χ2n) is 5.56. The summed E-state index contributed by atoms with van der Waals surface area (Å²) in [6, 6.07) is 20.8. The number of benzene rings is 2. The number of fused-ring (bicyclic) bond motifs is 1. The molecule has 0 aliphatic carbocycles. The van der Waals surface area contributed by atoms with Gasteiger partial charge in [-0.2, -0.15) is 5.10 Å². The molecule has 2 aromatic carbocycles. The van der Waals surface area contributed by atoms with Crippen LogP contribution in [0, 0.1) is 3.57 Å². The van der Waals surface area contributed by atoms with E-state index in [-0.39, 0.29) is 5.76 Å². The van der Waals surface area contributed by atoms with Crippen molar-refractivity contribution in [2.45, 2.75) is 0 Å². The van der Waals surface area contributed by atoms with Gasteiger partial charge in [-0.3, -0.25) is 4.79 Å². The number of amides is 1. The molecule has 4 aromatic rings. The van der Waals surface area contributed by atoms with Gasteiger partial charge in [-0.1, -0.05) is 30.3 Å². The number of furan rings is 2. The maximum absolute atomic E-state index is 12.1. The summed E-state index contributed by atoms with van der Waals surface area (Å²) in [7, 11) is 0. The van der Waals surface area contributed by atoms with Crippen LogP contribution in [0.2, 0.25) is 0 Å². The molecule has 0 saturated carbocycles. The highest BCUT2D eigenvalue weighted by molar-refractivity contribution is 14.1. The van der Waals surface area contributed by atoms with Crippen molar-refractivity contribution in [2.75, 3.05) is 0 Å². The first-order valence-corrected chi connectivity index (χ1v) is 8.95. The van der Waals surface area contributed by atoms with Crippen molar-refractivity contribution in [2.24, 2.45) is 5.10 Å². The van der Waals surface area contributed by atoms with Crippen molar-refractivity contribution in [3.8, 4) is 11.3 Å². The lowest BCUT2D eigenvalue weighted by molar-refractivity contribution is 0.0929. The zero-order valence-corrected chi connectivity index (χ0v) is 15.6. The van der Waals surface area contributed by atoms with E-state index in [9.17, 15) is 4.79 Å². The molecule has 5 nitrogen and oxygen atoms in total. The summed E-state index contributed by atoms with van der Waals surface area (Å²) >= 11 is 2.25. The topological polar surface area (TPSA) is 67.7 Å². The van der Waals surface area contributed by atoms with Crippen LogP contribution in [0.5, 0.6) is 0 Å². The van der Waals surface area contributed by atoms with Gasteiger partial charge in [-0.05, 0) is 59.0 Å². The molecule has 0 radical (unpaired) electrons. The Morgan fingerprint density at radius 2 is 1.81 bits per heavy atom. The van der Waals surface area contributed by atoms with E-state index >= 15 is 0 Å². The van der Waals surface area contributed by atoms with Crippen LogP contribution in [0.15, 0.2) is 80.7 Å². The van der Waals surface area contributed by atoms with E-state index in [1.807, 2.05) is 54.6 Å². The van der Waals surface area contributed by atoms with Gasteiger partial charge in [0.25, 0.3) is 0 Å². The number of nitrogens with zero attached hydrogens (tertiary/aromatic N) is 1. The van der Waals surface area contributed by atoms with E-state index in [0.717, 1.165) is 20.3 Å². The number of carbonyl (C=O) groups is 1. The van der Waals surface area contributed by atoms with Gasteiger partial charge in [0, 0.05) is 14.5 Å². The largest absolute Gasteiger partial charge is 0.455 e. The Balaban J connectivity index is 1.43. The number of carbonyl (C=O) groups excluding carboxylic acids is 1. The molecule has 2 aromatic heterocycles. The average Bonchev–Trinajstić information content (AvgIpc) is 3.29. The zero-order chi connectivity index (χ0) is 17.9. The molecular formula is C20H13IN2O3. The van der Waals surface area contributed by atoms with E-state index in [0.29, 0.717) is 11.3 Å². The van der Waals surface area contributed by atoms with Crippen molar-refractivity contribution < 1.29 is 13.6 Å². The number of para-hydroxylation sites is 1. The first kappa shape index (κ1) is 16.6. The summed E-state index contributed by atoms with van der Waals surface area (Å²) in [5.41, 5.74) is 4.09. The fourth-order valence-corrected chi connectivity index (χ4v) is 2.85. The number of hydrazone groups is 1. The third kappa shape index (κ3) is 3.55. The Morgan fingerprint density at radius 3 is 2.62 bits per heavy atom. The van der Waals surface area contributed by atoms with Gasteiger partial charge < -0.3 is 8.83 Å². The normalized spacial score (nSPS) is 11.3. The SMILES string of the molecule is O=C(N/N=C/c1ccc(-c2ccc(I)cc2)o1)c1cc2ccccc2o1. The van der Waals surface area contributed by atoms with E-state index in [1.165, 1.54) is 6.21 Å². The first-order valence-electron chi connectivity index (χ1n) is 7.87. The Bertz CT molecular complexity index is 1060. The fourth-order valence-electron chi connectivity index (χ4n) is 2.49. The summed E-state index contributed by atoms with van der Waals surface area (Å²) in [6.45, 7) is 0. The molecule has 0 atom stereocenters. The third-order valence-electron chi connectivity index (χ3n) is 3.76. The molecule has 0 aliphatic heterocycles. The van der Waals surface area contributed by atoms with E-state index in [4.69, 9.17) is 8.83 Å². The average molecular weight is 456 g/mol. The molecule has 128 valence electrons. The van der Waals surface area contributed by atoms with Gasteiger partial charge in [0.1, 0.15) is 17.1 Å². The molecule has 0 unspecified atom stereocenters. The minimum absolute atomic E-state index is 0.211. The molecule has 26 heavy (non-hydrogen) atoms. The quantitative estimate of drug-likeness (QED) is 0.265. The Hall–Kier alpha value is -2.87. The number of halogens is 1. The van der Waals surface area contributed by atoms with Gasteiger partial charge in [0.2, 0.25) is 0 Å². The molecule has 0 bridgehead atoms.